The Labute approximate surface area is 121 Å². The van der Waals surface area contributed by atoms with Gasteiger partial charge in [0.2, 0.25) is 0 Å². The lowest BCUT2D eigenvalue weighted by Gasteiger charge is -2.09. The predicted octanol–water partition coefficient (Wildman–Crippen LogP) is 4.70. The molecule has 1 heterocycles. The van der Waals surface area contributed by atoms with Crippen molar-refractivity contribution in [2.45, 2.75) is 24.1 Å². The van der Waals surface area contributed by atoms with E-state index in [0.29, 0.717) is 4.83 Å². The second kappa shape index (κ2) is 6.95. The zero-order valence-electron chi connectivity index (χ0n) is 10.4. The summed E-state index contributed by atoms with van der Waals surface area (Å²) in [4.78, 5) is 0.550. The number of hydrogen-bond acceptors (Lipinski definition) is 2. The van der Waals surface area contributed by atoms with Gasteiger partial charge in [-0.15, -0.1) is 0 Å². The highest BCUT2D eigenvalue weighted by molar-refractivity contribution is 9.09. The first-order valence-corrected chi connectivity index (χ1v) is 7.92. The minimum absolute atomic E-state index is 0.550. The van der Waals surface area contributed by atoms with E-state index in [1.165, 1.54) is 11.1 Å². The van der Waals surface area contributed by atoms with E-state index < -0.39 is 0 Å². The molecule has 0 aliphatic rings. The highest BCUT2D eigenvalue weighted by Gasteiger charge is 2.06. The second-order valence-corrected chi connectivity index (χ2v) is 6.39. The Kier molecular flexibility index (Phi) is 5.26. The number of benzene rings is 1. The van der Waals surface area contributed by atoms with Crippen LogP contribution in [0.4, 0.5) is 0 Å². The molecule has 0 N–H and O–H groups in total. The molecule has 18 heavy (non-hydrogen) atoms. The SMILES string of the molecule is COc1ccc(CCC(Br)Cc2ccsc2)cc1. The standard InChI is InChI=1S/C15H17BrOS/c1-17-15-6-3-12(4-7-15)2-5-14(16)10-13-8-9-18-11-13/h3-4,6-9,11,14H,2,5,10H2,1H3. The van der Waals surface area contributed by atoms with Gasteiger partial charge in [0.05, 0.1) is 7.11 Å². The molecule has 1 unspecified atom stereocenters. The zero-order valence-corrected chi connectivity index (χ0v) is 12.8. The second-order valence-electron chi connectivity index (χ2n) is 4.32. The van der Waals surface area contributed by atoms with Crippen LogP contribution in [0.3, 0.4) is 0 Å². The Balaban J connectivity index is 1.79. The highest BCUT2D eigenvalue weighted by atomic mass is 79.9. The summed E-state index contributed by atoms with van der Waals surface area (Å²) in [6, 6.07) is 10.5. The van der Waals surface area contributed by atoms with Crippen molar-refractivity contribution in [3.05, 3.63) is 52.2 Å². The summed E-state index contributed by atoms with van der Waals surface area (Å²) in [5.41, 5.74) is 2.79. The third-order valence-corrected chi connectivity index (χ3v) is 4.46. The summed E-state index contributed by atoms with van der Waals surface area (Å²) in [5, 5.41) is 4.36. The molecule has 0 aliphatic heterocycles. The summed E-state index contributed by atoms with van der Waals surface area (Å²) in [6.45, 7) is 0. The number of alkyl halides is 1. The monoisotopic (exact) mass is 324 g/mol. The molecule has 1 atom stereocenters. The van der Waals surface area contributed by atoms with Crippen molar-refractivity contribution in [2.24, 2.45) is 0 Å². The predicted molar refractivity (Wildman–Crippen MR) is 82.1 cm³/mol. The van der Waals surface area contributed by atoms with Gasteiger partial charge in [0.25, 0.3) is 0 Å². The molecule has 0 fully saturated rings. The minimum atomic E-state index is 0.550. The topological polar surface area (TPSA) is 9.23 Å². The lowest BCUT2D eigenvalue weighted by atomic mass is 10.1. The molecule has 0 amide bonds. The summed E-state index contributed by atoms with van der Waals surface area (Å²) in [5.74, 6) is 0.924. The zero-order chi connectivity index (χ0) is 12.8. The van der Waals surface area contributed by atoms with E-state index in [4.69, 9.17) is 4.74 Å². The maximum absolute atomic E-state index is 5.16. The van der Waals surface area contributed by atoms with Crippen LogP contribution in [0, 0.1) is 0 Å². The first-order valence-electron chi connectivity index (χ1n) is 6.06. The molecule has 2 rings (SSSR count). The van der Waals surface area contributed by atoms with Crippen molar-refractivity contribution in [1.29, 1.82) is 0 Å². The maximum atomic E-state index is 5.16. The third kappa shape index (κ3) is 4.14. The molecule has 1 aromatic heterocycles. The molecule has 0 saturated carbocycles. The van der Waals surface area contributed by atoms with Gasteiger partial charge >= 0.3 is 0 Å². The smallest absolute Gasteiger partial charge is 0.118 e. The Hall–Kier alpha value is -0.800. The van der Waals surface area contributed by atoms with Crippen molar-refractivity contribution in [2.75, 3.05) is 7.11 Å². The van der Waals surface area contributed by atoms with Crippen LogP contribution in [0.2, 0.25) is 0 Å². The molecule has 0 radical (unpaired) electrons. The molecule has 1 nitrogen and oxygen atoms in total. The van der Waals surface area contributed by atoms with Crippen molar-refractivity contribution >= 4 is 27.3 Å². The van der Waals surface area contributed by atoms with Crippen molar-refractivity contribution in [3.63, 3.8) is 0 Å². The average Bonchev–Trinajstić information content (AvgIpc) is 2.90. The van der Waals surface area contributed by atoms with E-state index in [9.17, 15) is 0 Å². The van der Waals surface area contributed by atoms with Gasteiger partial charge in [0.1, 0.15) is 5.75 Å². The molecule has 0 bridgehead atoms. The normalized spacial score (nSPS) is 12.3. The molecule has 3 heteroatoms. The summed E-state index contributed by atoms with van der Waals surface area (Å²) in [7, 11) is 1.70. The lowest BCUT2D eigenvalue weighted by Crippen LogP contribution is -2.03. The molecule has 96 valence electrons. The van der Waals surface area contributed by atoms with Crippen molar-refractivity contribution in [3.8, 4) is 5.75 Å². The summed E-state index contributed by atoms with van der Waals surface area (Å²) < 4.78 is 5.16. The van der Waals surface area contributed by atoms with Crippen LogP contribution < -0.4 is 4.74 Å². The van der Waals surface area contributed by atoms with Crippen LogP contribution in [0.15, 0.2) is 41.1 Å². The van der Waals surface area contributed by atoms with Crippen molar-refractivity contribution < 1.29 is 4.74 Å². The largest absolute Gasteiger partial charge is 0.497 e. The molecule has 0 spiro atoms. The van der Waals surface area contributed by atoms with E-state index in [0.717, 1.165) is 25.0 Å². The fourth-order valence-corrected chi connectivity index (χ4v) is 3.17. The molecular formula is C15H17BrOS. The van der Waals surface area contributed by atoms with Gasteiger partial charge in [-0.05, 0) is 59.3 Å². The van der Waals surface area contributed by atoms with E-state index >= 15 is 0 Å². The Morgan fingerprint density at radius 3 is 2.56 bits per heavy atom. The average molecular weight is 325 g/mol. The van der Waals surface area contributed by atoms with E-state index in [2.05, 4.69) is 44.9 Å². The van der Waals surface area contributed by atoms with Gasteiger partial charge in [0.15, 0.2) is 0 Å². The van der Waals surface area contributed by atoms with Gasteiger partial charge in [-0.2, -0.15) is 11.3 Å². The van der Waals surface area contributed by atoms with Gasteiger partial charge in [-0.25, -0.2) is 0 Å². The number of rotatable bonds is 6. The van der Waals surface area contributed by atoms with Gasteiger partial charge in [0, 0.05) is 4.83 Å². The van der Waals surface area contributed by atoms with E-state index in [1.807, 2.05) is 12.1 Å². The summed E-state index contributed by atoms with van der Waals surface area (Å²) >= 11 is 5.53. The number of methoxy groups -OCH3 is 1. The number of halogens is 1. The number of thiophene rings is 1. The quantitative estimate of drug-likeness (QED) is 0.700. The molecule has 0 saturated heterocycles. The number of hydrogen-bond donors (Lipinski definition) is 0. The molecular weight excluding hydrogens is 308 g/mol. The summed E-state index contributed by atoms with van der Waals surface area (Å²) in [6.07, 6.45) is 3.37. The Bertz CT molecular complexity index is 450. The van der Waals surface area contributed by atoms with Gasteiger partial charge in [-0.1, -0.05) is 28.1 Å². The van der Waals surface area contributed by atoms with Gasteiger partial charge < -0.3 is 4.74 Å². The lowest BCUT2D eigenvalue weighted by molar-refractivity contribution is 0.414. The first-order chi connectivity index (χ1) is 8.78. The van der Waals surface area contributed by atoms with Crippen LogP contribution in [-0.4, -0.2) is 11.9 Å². The van der Waals surface area contributed by atoms with Crippen LogP contribution in [0.1, 0.15) is 17.5 Å². The third-order valence-electron chi connectivity index (χ3n) is 2.94. The van der Waals surface area contributed by atoms with Crippen molar-refractivity contribution in [1.82, 2.24) is 0 Å². The Morgan fingerprint density at radius 1 is 1.17 bits per heavy atom. The van der Waals surface area contributed by atoms with E-state index in [-0.39, 0.29) is 0 Å². The van der Waals surface area contributed by atoms with Crippen LogP contribution in [0.5, 0.6) is 5.75 Å². The number of aryl methyl sites for hydroxylation is 1. The molecule has 1 aromatic carbocycles. The fraction of sp³-hybridized carbons (Fsp3) is 0.333. The highest BCUT2D eigenvalue weighted by Crippen LogP contribution is 2.19. The van der Waals surface area contributed by atoms with Gasteiger partial charge in [-0.3, -0.25) is 0 Å². The van der Waals surface area contributed by atoms with Crippen LogP contribution in [0.25, 0.3) is 0 Å². The van der Waals surface area contributed by atoms with Crippen LogP contribution in [-0.2, 0) is 12.8 Å². The maximum Gasteiger partial charge on any atom is 0.118 e. The van der Waals surface area contributed by atoms with Crippen LogP contribution >= 0.6 is 27.3 Å². The fourth-order valence-electron chi connectivity index (χ4n) is 1.88. The molecule has 0 aliphatic carbocycles. The Morgan fingerprint density at radius 2 is 1.94 bits per heavy atom. The minimum Gasteiger partial charge on any atom is -0.497 e. The number of ether oxygens (including phenoxy) is 1. The molecule has 2 aromatic rings. The van der Waals surface area contributed by atoms with E-state index in [1.54, 1.807) is 18.4 Å². The first kappa shape index (κ1) is 13.6.